The van der Waals surface area contributed by atoms with E-state index in [0.717, 1.165) is 13.0 Å². The Morgan fingerprint density at radius 2 is 1.77 bits per heavy atom. The lowest BCUT2D eigenvalue weighted by molar-refractivity contribution is -0.147. The maximum atomic E-state index is 11.6. The summed E-state index contributed by atoms with van der Waals surface area (Å²) in [6.45, 7) is 3.77. The minimum absolute atomic E-state index is 0.0827. The zero-order chi connectivity index (χ0) is 16.2. The molecule has 6 heteroatoms. The van der Waals surface area contributed by atoms with E-state index in [4.69, 9.17) is 5.73 Å². The topological polar surface area (TPSA) is 87.8 Å². The summed E-state index contributed by atoms with van der Waals surface area (Å²) in [6, 6.07) is 0. The number of piperidine rings is 1. The van der Waals surface area contributed by atoms with E-state index in [-0.39, 0.29) is 11.8 Å². The van der Waals surface area contributed by atoms with E-state index in [2.05, 4.69) is 17.2 Å². The van der Waals surface area contributed by atoms with Crippen molar-refractivity contribution in [3.8, 4) is 0 Å². The van der Waals surface area contributed by atoms with Crippen molar-refractivity contribution >= 4 is 17.8 Å². The summed E-state index contributed by atoms with van der Waals surface area (Å²) in [7, 11) is 0. The van der Waals surface area contributed by atoms with Crippen LogP contribution in [0.5, 0.6) is 0 Å². The first-order valence-electron chi connectivity index (χ1n) is 8.52. The molecule has 2 amide bonds. The minimum atomic E-state index is -0.0827. The molecule has 1 rings (SSSR count). The van der Waals surface area contributed by atoms with Crippen LogP contribution in [0.3, 0.4) is 0 Å². The molecular weight excluding hydrogens is 280 g/mol. The van der Waals surface area contributed by atoms with Crippen LogP contribution < -0.4 is 11.1 Å². The summed E-state index contributed by atoms with van der Waals surface area (Å²) in [5, 5.41) is 2.96. The molecule has 0 spiro atoms. The van der Waals surface area contributed by atoms with Crippen molar-refractivity contribution in [2.45, 2.75) is 64.7 Å². The third-order valence-electron chi connectivity index (χ3n) is 3.82. The van der Waals surface area contributed by atoms with Gasteiger partial charge in [-0.25, -0.2) is 0 Å². The Kier molecular flexibility index (Phi) is 9.26. The van der Waals surface area contributed by atoms with Gasteiger partial charge in [-0.3, -0.25) is 19.5 Å². The number of nitrogens with zero attached hydrogens (tertiary/aromatic N) is 2. The monoisotopic (exact) mass is 310 g/mol. The highest BCUT2D eigenvalue weighted by molar-refractivity contribution is 5.97. The van der Waals surface area contributed by atoms with Crippen molar-refractivity contribution in [2.24, 2.45) is 10.7 Å². The van der Waals surface area contributed by atoms with Gasteiger partial charge in [-0.1, -0.05) is 39.0 Å². The third-order valence-corrected chi connectivity index (χ3v) is 3.82. The van der Waals surface area contributed by atoms with Crippen LogP contribution in [0, 0.1) is 0 Å². The van der Waals surface area contributed by atoms with E-state index in [0.29, 0.717) is 38.3 Å². The maximum Gasteiger partial charge on any atom is 0.229 e. The zero-order valence-corrected chi connectivity index (χ0v) is 13.8. The van der Waals surface area contributed by atoms with Crippen molar-refractivity contribution in [2.75, 3.05) is 19.6 Å². The van der Waals surface area contributed by atoms with Gasteiger partial charge in [-0.15, -0.1) is 0 Å². The van der Waals surface area contributed by atoms with Crippen molar-refractivity contribution in [1.29, 1.82) is 0 Å². The summed E-state index contributed by atoms with van der Waals surface area (Å²) in [6.07, 6.45) is 8.96. The Labute approximate surface area is 133 Å². The highest BCUT2D eigenvalue weighted by Crippen LogP contribution is 2.11. The molecule has 0 radical (unpaired) electrons. The molecule has 0 aliphatic carbocycles. The highest BCUT2D eigenvalue weighted by Gasteiger charge is 2.24. The molecule has 126 valence electrons. The molecule has 1 aliphatic rings. The van der Waals surface area contributed by atoms with Crippen molar-refractivity contribution in [3.05, 3.63) is 0 Å². The molecular formula is C16H30N4O2. The van der Waals surface area contributed by atoms with Crippen LogP contribution in [0.15, 0.2) is 4.99 Å². The molecule has 6 nitrogen and oxygen atoms in total. The predicted octanol–water partition coefficient (Wildman–Crippen LogP) is 1.79. The molecule has 0 aromatic rings. The fourth-order valence-corrected chi connectivity index (χ4v) is 2.49. The highest BCUT2D eigenvalue weighted by atomic mass is 16.2. The molecule has 1 saturated heterocycles. The summed E-state index contributed by atoms with van der Waals surface area (Å²) in [5.74, 6) is 0.228. The standard InChI is InChI=1S/C16H30N4O2/c1-2-3-4-5-6-7-11-18-16(17)19-12-13-20-14(21)9-8-10-15(20)22/h2-13H2,1H3,(H3,17,18,19). The maximum absolute atomic E-state index is 11.6. The number of nitrogens with one attached hydrogen (secondary N) is 1. The number of aliphatic imine (C=N–C) groups is 1. The number of carbonyl (C=O) groups is 2. The molecule has 0 bridgehead atoms. The molecule has 1 fully saturated rings. The first-order chi connectivity index (χ1) is 10.6. The van der Waals surface area contributed by atoms with E-state index in [1.807, 2.05) is 0 Å². The van der Waals surface area contributed by atoms with Crippen LogP contribution in [0.4, 0.5) is 0 Å². The lowest BCUT2D eigenvalue weighted by Crippen LogP contribution is -2.45. The fraction of sp³-hybridized carbons (Fsp3) is 0.812. The van der Waals surface area contributed by atoms with E-state index < -0.39 is 0 Å². The van der Waals surface area contributed by atoms with Crippen LogP contribution in [-0.4, -0.2) is 42.3 Å². The van der Waals surface area contributed by atoms with Gasteiger partial charge in [0.1, 0.15) is 0 Å². The van der Waals surface area contributed by atoms with E-state index in [1.54, 1.807) is 0 Å². The van der Waals surface area contributed by atoms with Gasteiger partial charge in [-0.05, 0) is 12.8 Å². The molecule has 0 aromatic heterocycles. The van der Waals surface area contributed by atoms with Crippen molar-refractivity contribution in [3.63, 3.8) is 0 Å². The summed E-state index contributed by atoms with van der Waals surface area (Å²) < 4.78 is 0. The van der Waals surface area contributed by atoms with Gasteiger partial charge in [0.05, 0.1) is 0 Å². The smallest absolute Gasteiger partial charge is 0.229 e. The molecule has 3 N–H and O–H groups in total. The van der Waals surface area contributed by atoms with Gasteiger partial charge < -0.3 is 11.1 Å². The average molecular weight is 310 g/mol. The Hall–Kier alpha value is -1.59. The molecule has 0 unspecified atom stereocenters. The Morgan fingerprint density at radius 1 is 1.14 bits per heavy atom. The number of hydrogen-bond donors (Lipinski definition) is 2. The minimum Gasteiger partial charge on any atom is -0.370 e. The quantitative estimate of drug-likeness (QED) is 0.279. The van der Waals surface area contributed by atoms with E-state index >= 15 is 0 Å². The number of unbranched alkanes of at least 4 members (excludes halogenated alkanes) is 5. The summed E-state index contributed by atoms with van der Waals surface area (Å²) in [4.78, 5) is 28.8. The van der Waals surface area contributed by atoms with E-state index in [9.17, 15) is 9.59 Å². The normalized spacial score (nSPS) is 16.2. The number of imide groups is 1. The lowest BCUT2D eigenvalue weighted by atomic mass is 10.1. The zero-order valence-electron chi connectivity index (χ0n) is 13.8. The predicted molar refractivity (Wildman–Crippen MR) is 88.4 cm³/mol. The third kappa shape index (κ3) is 7.43. The molecule has 0 aromatic carbocycles. The Bertz CT molecular complexity index is 366. The van der Waals surface area contributed by atoms with Gasteiger partial charge in [0.25, 0.3) is 0 Å². The largest absolute Gasteiger partial charge is 0.370 e. The van der Waals surface area contributed by atoms with Gasteiger partial charge in [0, 0.05) is 32.5 Å². The molecule has 22 heavy (non-hydrogen) atoms. The average Bonchev–Trinajstić information content (AvgIpc) is 2.49. The number of hydrogen-bond acceptors (Lipinski definition) is 3. The van der Waals surface area contributed by atoms with E-state index in [1.165, 1.54) is 37.0 Å². The Balaban J connectivity index is 2.09. The van der Waals surface area contributed by atoms with Crippen LogP contribution in [0.2, 0.25) is 0 Å². The number of carbonyl (C=O) groups excluding carboxylic acids is 2. The van der Waals surface area contributed by atoms with Gasteiger partial charge >= 0.3 is 0 Å². The number of amides is 2. The summed E-state index contributed by atoms with van der Waals surface area (Å²) >= 11 is 0. The first-order valence-corrected chi connectivity index (χ1v) is 8.52. The summed E-state index contributed by atoms with van der Waals surface area (Å²) in [5.41, 5.74) is 5.77. The van der Waals surface area contributed by atoms with Crippen LogP contribution in [0.25, 0.3) is 0 Å². The molecule has 0 saturated carbocycles. The van der Waals surface area contributed by atoms with Crippen LogP contribution in [-0.2, 0) is 9.59 Å². The first kappa shape index (κ1) is 18.5. The second-order valence-corrected chi connectivity index (χ2v) is 5.75. The van der Waals surface area contributed by atoms with Crippen LogP contribution >= 0.6 is 0 Å². The molecule has 1 aliphatic heterocycles. The van der Waals surface area contributed by atoms with Gasteiger partial charge in [0.2, 0.25) is 11.8 Å². The van der Waals surface area contributed by atoms with Gasteiger partial charge in [0.15, 0.2) is 5.96 Å². The lowest BCUT2D eigenvalue weighted by Gasteiger charge is -2.24. The van der Waals surface area contributed by atoms with Gasteiger partial charge in [-0.2, -0.15) is 0 Å². The molecule has 0 atom stereocenters. The number of nitrogens with two attached hydrogens (primary N) is 1. The number of rotatable bonds is 10. The van der Waals surface area contributed by atoms with Crippen molar-refractivity contribution < 1.29 is 9.59 Å². The van der Waals surface area contributed by atoms with Crippen LogP contribution in [0.1, 0.15) is 64.7 Å². The number of guanidine groups is 1. The number of likely N-dealkylation sites (tertiary alicyclic amines) is 1. The SMILES string of the molecule is CCCCCCCCN=C(N)NCCN1C(=O)CCCC1=O. The Morgan fingerprint density at radius 3 is 2.45 bits per heavy atom. The molecule has 1 heterocycles. The van der Waals surface area contributed by atoms with Crippen molar-refractivity contribution in [1.82, 2.24) is 10.2 Å². The second kappa shape index (κ2) is 11.0. The second-order valence-electron chi connectivity index (χ2n) is 5.75. The fourth-order valence-electron chi connectivity index (χ4n) is 2.49.